The monoisotopic (exact) mass is 328 g/mol. The highest BCUT2D eigenvalue weighted by atomic mass is 32.1. The number of anilines is 1. The summed E-state index contributed by atoms with van der Waals surface area (Å²) in [5, 5.41) is 3.79. The largest absolute Gasteiger partial charge is 0.338 e. The SMILES string of the molecule is O=C(c1ccsc1)N1CC[C@]2(CC(=O)N(c3cncnc3)C2)C1. The predicted octanol–water partition coefficient (Wildman–Crippen LogP) is 1.81. The maximum atomic E-state index is 12.5. The van der Waals surface area contributed by atoms with Crippen LogP contribution in [0.1, 0.15) is 23.2 Å². The van der Waals surface area contributed by atoms with Crippen molar-refractivity contribution in [2.75, 3.05) is 24.5 Å². The van der Waals surface area contributed by atoms with E-state index in [9.17, 15) is 9.59 Å². The molecule has 118 valence electrons. The van der Waals surface area contributed by atoms with Crippen LogP contribution in [0.25, 0.3) is 0 Å². The van der Waals surface area contributed by atoms with E-state index in [1.54, 1.807) is 17.3 Å². The number of likely N-dealkylation sites (tertiary alicyclic amines) is 1. The van der Waals surface area contributed by atoms with Gasteiger partial charge in [-0.2, -0.15) is 11.3 Å². The lowest BCUT2D eigenvalue weighted by Gasteiger charge is -2.23. The second-order valence-corrected chi connectivity index (χ2v) is 7.02. The van der Waals surface area contributed by atoms with Gasteiger partial charge in [0.15, 0.2) is 0 Å². The lowest BCUT2D eigenvalue weighted by atomic mass is 9.86. The summed E-state index contributed by atoms with van der Waals surface area (Å²) in [6.07, 6.45) is 6.12. The Balaban J connectivity index is 1.51. The molecule has 0 aromatic carbocycles. The fraction of sp³-hybridized carbons (Fsp3) is 0.375. The summed E-state index contributed by atoms with van der Waals surface area (Å²) in [6.45, 7) is 1.98. The van der Waals surface area contributed by atoms with Crippen molar-refractivity contribution in [2.24, 2.45) is 5.41 Å². The highest BCUT2D eigenvalue weighted by molar-refractivity contribution is 7.08. The molecule has 2 aliphatic heterocycles. The van der Waals surface area contributed by atoms with Gasteiger partial charge in [-0.1, -0.05) is 0 Å². The van der Waals surface area contributed by atoms with Crippen molar-refractivity contribution in [2.45, 2.75) is 12.8 Å². The van der Waals surface area contributed by atoms with Gasteiger partial charge in [0.2, 0.25) is 5.91 Å². The molecular weight excluding hydrogens is 312 g/mol. The van der Waals surface area contributed by atoms with Crippen molar-refractivity contribution in [1.29, 1.82) is 0 Å². The van der Waals surface area contributed by atoms with Gasteiger partial charge in [-0.3, -0.25) is 9.59 Å². The fourth-order valence-electron chi connectivity index (χ4n) is 3.51. The van der Waals surface area contributed by atoms with Crippen molar-refractivity contribution in [3.63, 3.8) is 0 Å². The first-order valence-electron chi connectivity index (χ1n) is 7.54. The van der Waals surface area contributed by atoms with Crippen LogP contribution in [0, 0.1) is 5.41 Å². The number of thiophene rings is 1. The van der Waals surface area contributed by atoms with Crippen LogP contribution >= 0.6 is 11.3 Å². The topological polar surface area (TPSA) is 66.4 Å². The van der Waals surface area contributed by atoms with Gasteiger partial charge in [0, 0.05) is 36.9 Å². The third-order valence-corrected chi connectivity index (χ3v) is 5.36. The van der Waals surface area contributed by atoms with Gasteiger partial charge < -0.3 is 9.80 Å². The van der Waals surface area contributed by atoms with Gasteiger partial charge >= 0.3 is 0 Å². The molecule has 4 rings (SSSR count). The molecule has 0 bridgehead atoms. The van der Waals surface area contributed by atoms with E-state index in [0.29, 0.717) is 26.1 Å². The Hall–Kier alpha value is -2.28. The summed E-state index contributed by atoms with van der Waals surface area (Å²) in [4.78, 5) is 36.5. The Bertz CT molecular complexity index is 734. The minimum absolute atomic E-state index is 0.0667. The molecule has 1 atom stereocenters. The average Bonchev–Trinajstić information content (AvgIpc) is 3.29. The minimum Gasteiger partial charge on any atom is -0.338 e. The number of rotatable bonds is 2. The third kappa shape index (κ3) is 2.50. The Kier molecular flexibility index (Phi) is 3.37. The molecule has 4 heterocycles. The first-order valence-corrected chi connectivity index (χ1v) is 8.48. The number of aromatic nitrogens is 2. The van der Waals surface area contributed by atoms with Crippen molar-refractivity contribution < 1.29 is 9.59 Å². The molecule has 2 aromatic rings. The summed E-state index contributed by atoms with van der Waals surface area (Å²) in [5.74, 6) is 0.154. The Morgan fingerprint density at radius 3 is 2.83 bits per heavy atom. The van der Waals surface area contributed by atoms with Crippen molar-refractivity contribution in [3.05, 3.63) is 41.1 Å². The van der Waals surface area contributed by atoms with Gasteiger partial charge in [0.1, 0.15) is 6.33 Å². The molecule has 1 spiro atoms. The van der Waals surface area contributed by atoms with Crippen molar-refractivity contribution >= 4 is 28.8 Å². The molecule has 2 aromatic heterocycles. The van der Waals surface area contributed by atoms with Crippen LogP contribution in [0.4, 0.5) is 5.69 Å². The number of hydrogen-bond acceptors (Lipinski definition) is 5. The predicted molar refractivity (Wildman–Crippen MR) is 86.3 cm³/mol. The second-order valence-electron chi connectivity index (χ2n) is 6.24. The maximum absolute atomic E-state index is 12.5. The smallest absolute Gasteiger partial charge is 0.254 e. The molecule has 7 heteroatoms. The molecule has 2 amide bonds. The van der Waals surface area contributed by atoms with Crippen LogP contribution in [0.3, 0.4) is 0 Å². The van der Waals surface area contributed by atoms with Crippen LogP contribution in [-0.2, 0) is 4.79 Å². The molecule has 2 fully saturated rings. The molecule has 0 aliphatic carbocycles. The second kappa shape index (κ2) is 5.42. The summed E-state index contributed by atoms with van der Waals surface area (Å²) >= 11 is 1.52. The fourth-order valence-corrected chi connectivity index (χ4v) is 4.14. The van der Waals surface area contributed by atoms with Gasteiger partial charge in [-0.15, -0.1) is 0 Å². The summed E-state index contributed by atoms with van der Waals surface area (Å²) in [6, 6.07) is 1.85. The van der Waals surface area contributed by atoms with E-state index >= 15 is 0 Å². The number of hydrogen-bond donors (Lipinski definition) is 0. The lowest BCUT2D eigenvalue weighted by Crippen LogP contribution is -2.34. The summed E-state index contributed by atoms with van der Waals surface area (Å²) < 4.78 is 0. The minimum atomic E-state index is -0.140. The molecule has 0 unspecified atom stereocenters. The van der Waals surface area contributed by atoms with E-state index in [2.05, 4.69) is 9.97 Å². The molecular formula is C16H16N4O2S. The quantitative estimate of drug-likeness (QED) is 0.843. The van der Waals surface area contributed by atoms with E-state index in [4.69, 9.17) is 0 Å². The van der Waals surface area contributed by atoms with Crippen LogP contribution < -0.4 is 4.90 Å². The van der Waals surface area contributed by atoms with E-state index in [-0.39, 0.29) is 17.2 Å². The Morgan fingerprint density at radius 2 is 2.09 bits per heavy atom. The van der Waals surface area contributed by atoms with E-state index in [1.165, 1.54) is 17.7 Å². The van der Waals surface area contributed by atoms with Gasteiger partial charge in [0.25, 0.3) is 5.91 Å². The lowest BCUT2D eigenvalue weighted by molar-refractivity contribution is -0.117. The molecule has 6 nitrogen and oxygen atoms in total. The molecule has 0 radical (unpaired) electrons. The molecule has 2 saturated heterocycles. The molecule has 23 heavy (non-hydrogen) atoms. The molecule has 0 saturated carbocycles. The standard InChI is InChI=1S/C16H16N4O2S/c21-14-5-16(10-20(14)13-6-17-11-18-7-13)2-3-19(9-16)15(22)12-1-4-23-8-12/h1,4,6-8,11H,2-3,5,9-10H2/t16-/m0/s1. The van der Waals surface area contributed by atoms with Crippen LogP contribution in [0.2, 0.25) is 0 Å². The number of carbonyl (C=O) groups is 2. The van der Waals surface area contributed by atoms with Crippen molar-refractivity contribution in [1.82, 2.24) is 14.9 Å². The highest BCUT2D eigenvalue weighted by Gasteiger charge is 2.49. The van der Waals surface area contributed by atoms with E-state index in [0.717, 1.165) is 17.7 Å². The summed E-state index contributed by atoms with van der Waals surface area (Å²) in [5.41, 5.74) is 1.33. The third-order valence-electron chi connectivity index (χ3n) is 4.67. The van der Waals surface area contributed by atoms with Gasteiger partial charge in [0.05, 0.1) is 23.6 Å². The van der Waals surface area contributed by atoms with Crippen molar-refractivity contribution in [3.8, 4) is 0 Å². The zero-order valence-corrected chi connectivity index (χ0v) is 13.3. The Morgan fingerprint density at radius 1 is 1.26 bits per heavy atom. The maximum Gasteiger partial charge on any atom is 0.254 e. The first kappa shape index (κ1) is 14.3. The first-order chi connectivity index (χ1) is 11.2. The van der Waals surface area contributed by atoms with Crippen LogP contribution in [-0.4, -0.2) is 46.3 Å². The van der Waals surface area contributed by atoms with E-state index in [1.807, 2.05) is 21.7 Å². The summed E-state index contributed by atoms with van der Waals surface area (Å²) in [7, 11) is 0. The number of nitrogens with zero attached hydrogens (tertiary/aromatic N) is 4. The number of carbonyl (C=O) groups excluding carboxylic acids is 2. The Labute approximate surface area is 137 Å². The average molecular weight is 328 g/mol. The molecule has 0 N–H and O–H groups in total. The zero-order chi connectivity index (χ0) is 15.9. The van der Waals surface area contributed by atoms with E-state index < -0.39 is 0 Å². The van der Waals surface area contributed by atoms with Crippen LogP contribution in [0.15, 0.2) is 35.5 Å². The number of amides is 2. The highest BCUT2D eigenvalue weighted by Crippen LogP contribution is 2.41. The normalized spacial score (nSPS) is 23.9. The zero-order valence-electron chi connectivity index (χ0n) is 12.5. The van der Waals surface area contributed by atoms with Crippen LogP contribution in [0.5, 0.6) is 0 Å². The molecule has 2 aliphatic rings. The van der Waals surface area contributed by atoms with Gasteiger partial charge in [-0.05, 0) is 17.9 Å². The van der Waals surface area contributed by atoms with Gasteiger partial charge in [-0.25, -0.2) is 9.97 Å².